The predicted molar refractivity (Wildman–Crippen MR) is 83.3 cm³/mol. The van der Waals surface area contributed by atoms with Crippen molar-refractivity contribution in [2.45, 2.75) is 4.90 Å². The van der Waals surface area contributed by atoms with Crippen molar-refractivity contribution in [2.75, 3.05) is 40.0 Å². The lowest BCUT2D eigenvalue weighted by molar-refractivity contribution is 0.0730. The van der Waals surface area contributed by atoms with Crippen molar-refractivity contribution in [1.29, 1.82) is 0 Å². The molecule has 1 amide bonds. The van der Waals surface area contributed by atoms with Crippen molar-refractivity contribution in [2.24, 2.45) is 5.73 Å². The molecule has 124 valence electrons. The standard InChI is InChI=1S/C15H18N2O5S/c1-21-8-2-3-12-4-5-13(15(16)18)11-14(12)23(19,20)17-6-9-22-10-7-17/h4-5,11H,6-10H2,1H3,(H2,16,18). The molecule has 0 saturated carbocycles. The number of morpholine rings is 1. The molecule has 0 radical (unpaired) electrons. The summed E-state index contributed by atoms with van der Waals surface area (Å²) < 4.78 is 37.0. The minimum atomic E-state index is -3.78. The predicted octanol–water partition coefficient (Wildman–Crippen LogP) is -0.196. The van der Waals surface area contributed by atoms with E-state index in [9.17, 15) is 13.2 Å². The third kappa shape index (κ3) is 4.09. The number of methoxy groups -OCH3 is 1. The van der Waals surface area contributed by atoms with Crippen LogP contribution in [-0.2, 0) is 19.5 Å². The molecule has 1 aliphatic heterocycles. The Labute approximate surface area is 135 Å². The van der Waals surface area contributed by atoms with Gasteiger partial charge in [0.1, 0.15) is 6.61 Å². The third-order valence-electron chi connectivity index (χ3n) is 3.29. The van der Waals surface area contributed by atoms with Crippen LogP contribution in [0.25, 0.3) is 0 Å². The molecule has 1 aliphatic rings. The van der Waals surface area contributed by atoms with Crippen LogP contribution in [0.2, 0.25) is 0 Å². The van der Waals surface area contributed by atoms with E-state index in [-0.39, 0.29) is 30.2 Å². The van der Waals surface area contributed by atoms with E-state index in [0.29, 0.717) is 18.8 Å². The van der Waals surface area contributed by atoms with Gasteiger partial charge in [-0.3, -0.25) is 4.79 Å². The summed E-state index contributed by atoms with van der Waals surface area (Å²) in [5.74, 6) is 4.79. The third-order valence-corrected chi connectivity index (χ3v) is 5.23. The van der Waals surface area contributed by atoms with Gasteiger partial charge in [-0.1, -0.05) is 11.8 Å². The van der Waals surface area contributed by atoms with E-state index in [2.05, 4.69) is 11.8 Å². The van der Waals surface area contributed by atoms with Crippen LogP contribution in [0.5, 0.6) is 0 Å². The molecular weight excluding hydrogens is 320 g/mol. The zero-order valence-electron chi connectivity index (χ0n) is 12.7. The number of rotatable bonds is 4. The molecule has 0 aliphatic carbocycles. The Hall–Kier alpha value is -1.92. The molecule has 23 heavy (non-hydrogen) atoms. The lowest BCUT2D eigenvalue weighted by Gasteiger charge is -2.26. The molecular formula is C15H18N2O5S. The fourth-order valence-electron chi connectivity index (χ4n) is 2.12. The first-order valence-electron chi connectivity index (χ1n) is 6.96. The fraction of sp³-hybridized carbons (Fsp3) is 0.400. The molecule has 0 bridgehead atoms. The Morgan fingerprint density at radius 2 is 2.09 bits per heavy atom. The molecule has 1 aromatic carbocycles. The minimum absolute atomic E-state index is 0.0284. The molecule has 2 rings (SSSR count). The maximum Gasteiger partial charge on any atom is 0.248 e. The van der Waals surface area contributed by atoms with E-state index in [1.54, 1.807) is 0 Å². The van der Waals surface area contributed by atoms with Gasteiger partial charge < -0.3 is 15.2 Å². The van der Waals surface area contributed by atoms with Crippen molar-refractivity contribution in [1.82, 2.24) is 4.31 Å². The number of ether oxygens (including phenoxy) is 2. The summed E-state index contributed by atoms with van der Waals surface area (Å²) in [4.78, 5) is 11.3. The van der Waals surface area contributed by atoms with Crippen molar-refractivity contribution in [3.05, 3.63) is 29.3 Å². The molecule has 7 nitrogen and oxygen atoms in total. The van der Waals surface area contributed by atoms with Gasteiger partial charge >= 0.3 is 0 Å². The van der Waals surface area contributed by atoms with Gasteiger partial charge in [0.05, 0.1) is 18.1 Å². The summed E-state index contributed by atoms with van der Waals surface area (Å²) in [7, 11) is -2.29. The van der Waals surface area contributed by atoms with E-state index in [1.165, 1.54) is 29.6 Å². The molecule has 1 heterocycles. The number of benzene rings is 1. The second-order valence-corrected chi connectivity index (χ2v) is 6.73. The summed E-state index contributed by atoms with van der Waals surface area (Å²) in [5.41, 5.74) is 5.68. The number of hydrogen-bond acceptors (Lipinski definition) is 5. The molecule has 1 fully saturated rings. The van der Waals surface area contributed by atoms with Crippen LogP contribution in [0.1, 0.15) is 15.9 Å². The van der Waals surface area contributed by atoms with Crippen LogP contribution in [0, 0.1) is 11.8 Å². The van der Waals surface area contributed by atoms with E-state index in [4.69, 9.17) is 15.2 Å². The maximum atomic E-state index is 12.8. The number of hydrogen-bond donors (Lipinski definition) is 1. The highest BCUT2D eigenvalue weighted by Crippen LogP contribution is 2.22. The van der Waals surface area contributed by atoms with E-state index >= 15 is 0 Å². The topological polar surface area (TPSA) is 98.9 Å². The highest BCUT2D eigenvalue weighted by Gasteiger charge is 2.29. The highest BCUT2D eigenvalue weighted by molar-refractivity contribution is 7.89. The largest absolute Gasteiger partial charge is 0.379 e. The van der Waals surface area contributed by atoms with Crippen LogP contribution < -0.4 is 5.73 Å². The number of nitrogens with zero attached hydrogens (tertiary/aromatic N) is 1. The SMILES string of the molecule is COCC#Cc1ccc(C(N)=O)cc1S(=O)(=O)N1CCOCC1. The van der Waals surface area contributed by atoms with Gasteiger partial charge in [0.25, 0.3) is 0 Å². The Bertz CT molecular complexity index is 743. The van der Waals surface area contributed by atoms with Gasteiger partial charge in [0.15, 0.2) is 0 Å². The minimum Gasteiger partial charge on any atom is -0.379 e. The average Bonchev–Trinajstić information content (AvgIpc) is 2.56. The second kappa shape index (κ2) is 7.57. The first-order valence-corrected chi connectivity index (χ1v) is 8.40. The zero-order valence-corrected chi connectivity index (χ0v) is 13.6. The molecule has 2 N–H and O–H groups in total. The van der Waals surface area contributed by atoms with Crippen LogP contribution in [0.3, 0.4) is 0 Å². The fourth-order valence-corrected chi connectivity index (χ4v) is 3.70. The van der Waals surface area contributed by atoms with Gasteiger partial charge in [-0.15, -0.1) is 0 Å². The summed E-state index contributed by atoms with van der Waals surface area (Å²) >= 11 is 0. The summed E-state index contributed by atoms with van der Waals surface area (Å²) in [5, 5.41) is 0. The second-order valence-electron chi connectivity index (χ2n) is 4.83. The van der Waals surface area contributed by atoms with Gasteiger partial charge in [0.2, 0.25) is 15.9 Å². The quantitative estimate of drug-likeness (QED) is 0.767. The Morgan fingerprint density at radius 1 is 1.39 bits per heavy atom. The van der Waals surface area contributed by atoms with Crippen molar-refractivity contribution in [3.8, 4) is 11.8 Å². The van der Waals surface area contributed by atoms with E-state index in [1.807, 2.05) is 0 Å². The lowest BCUT2D eigenvalue weighted by Crippen LogP contribution is -2.41. The number of carbonyl (C=O) groups excluding carboxylic acids is 1. The van der Waals surface area contributed by atoms with Gasteiger partial charge in [-0.25, -0.2) is 8.42 Å². The normalized spacial score (nSPS) is 15.7. The molecule has 0 aromatic heterocycles. The highest BCUT2D eigenvalue weighted by atomic mass is 32.2. The Balaban J connectivity index is 2.50. The monoisotopic (exact) mass is 338 g/mol. The average molecular weight is 338 g/mol. The Morgan fingerprint density at radius 3 is 2.70 bits per heavy atom. The van der Waals surface area contributed by atoms with Crippen molar-refractivity contribution < 1.29 is 22.7 Å². The van der Waals surface area contributed by atoms with Gasteiger partial charge in [-0.2, -0.15) is 4.31 Å². The van der Waals surface area contributed by atoms with E-state index < -0.39 is 15.9 Å². The van der Waals surface area contributed by atoms with E-state index in [0.717, 1.165) is 0 Å². The molecule has 0 spiro atoms. The molecule has 0 unspecified atom stereocenters. The maximum absolute atomic E-state index is 12.8. The number of amides is 1. The molecule has 0 atom stereocenters. The molecule has 1 saturated heterocycles. The zero-order chi connectivity index (χ0) is 16.9. The van der Waals surface area contributed by atoms with Crippen LogP contribution in [0.4, 0.5) is 0 Å². The molecule has 1 aromatic rings. The number of nitrogens with two attached hydrogens (primary N) is 1. The summed E-state index contributed by atoms with van der Waals surface area (Å²) in [6.45, 7) is 1.36. The van der Waals surface area contributed by atoms with Gasteiger partial charge in [-0.05, 0) is 18.2 Å². The van der Waals surface area contributed by atoms with Crippen LogP contribution in [-0.4, -0.2) is 58.7 Å². The number of carbonyl (C=O) groups is 1. The Kier molecular flexibility index (Phi) is 5.74. The van der Waals surface area contributed by atoms with Crippen molar-refractivity contribution in [3.63, 3.8) is 0 Å². The summed E-state index contributed by atoms with van der Waals surface area (Å²) in [6, 6.07) is 4.21. The lowest BCUT2D eigenvalue weighted by atomic mass is 10.1. The molecule has 8 heteroatoms. The van der Waals surface area contributed by atoms with Gasteiger partial charge in [0, 0.05) is 31.3 Å². The summed E-state index contributed by atoms with van der Waals surface area (Å²) in [6.07, 6.45) is 0. The first kappa shape index (κ1) is 17.4. The number of primary amides is 1. The smallest absolute Gasteiger partial charge is 0.248 e. The van der Waals surface area contributed by atoms with Crippen LogP contribution >= 0.6 is 0 Å². The van der Waals surface area contributed by atoms with Crippen LogP contribution in [0.15, 0.2) is 23.1 Å². The first-order chi connectivity index (χ1) is 11.0. The number of sulfonamides is 1. The van der Waals surface area contributed by atoms with Crippen molar-refractivity contribution >= 4 is 15.9 Å².